The van der Waals surface area contributed by atoms with E-state index >= 15 is 0 Å². The minimum atomic E-state index is -0.962. The van der Waals surface area contributed by atoms with Gasteiger partial charge in [0.25, 0.3) is 0 Å². The highest BCUT2D eigenvalue weighted by Gasteiger charge is 2.40. The van der Waals surface area contributed by atoms with Gasteiger partial charge in [0.2, 0.25) is 0 Å². The molecule has 1 aliphatic heterocycles. The lowest BCUT2D eigenvalue weighted by molar-refractivity contribution is 0.0697. The lowest BCUT2D eigenvalue weighted by Gasteiger charge is -2.46. The van der Waals surface area contributed by atoms with Crippen LogP contribution in [-0.4, -0.2) is 53.3 Å². The molecule has 1 atom stereocenters. The molecule has 0 spiro atoms. The second-order valence-electron chi connectivity index (χ2n) is 11.9. The molecule has 5 heteroatoms. The van der Waals surface area contributed by atoms with Gasteiger partial charge in [-0.15, -0.1) is 0 Å². The van der Waals surface area contributed by atoms with E-state index in [2.05, 4.69) is 75.3 Å². The van der Waals surface area contributed by atoms with Gasteiger partial charge in [0, 0.05) is 43.5 Å². The maximum atomic E-state index is 11.2. The zero-order chi connectivity index (χ0) is 26.3. The first kappa shape index (κ1) is 26.3. The van der Waals surface area contributed by atoms with Crippen molar-refractivity contribution in [1.29, 1.82) is 0 Å². The summed E-state index contributed by atoms with van der Waals surface area (Å²) in [4.78, 5) is 16.1. The zero-order valence-electron chi connectivity index (χ0n) is 22.6. The van der Waals surface area contributed by atoms with Crippen LogP contribution in [0.2, 0.25) is 0 Å². The second kappa shape index (κ2) is 9.92. The average Bonchev–Trinajstić information content (AvgIpc) is 2.85. The van der Waals surface area contributed by atoms with E-state index in [-0.39, 0.29) is 16.4 Å². The van der Waals surface area contributed by atoms with Crippen LogP contribution in [-0.2, 0) is 10.8 Å². The predicted molar refractivity (Wildman–Crippen MR) is 146 cm³/mol. The molecule has 0 bridgehead atoms. The van der Waals surface area contributed by atoms with Crippen LogP contribution in [0.25, 0.3) is 0 Å². The Kier molecular flexibility index (Phi) is 7.23. The zero-order valence-corrected chi connectivity index (χ0v) is 22.6. The number of carboxylic acid groups (broad SMARTS) is 1. The summed E-state index contributed by atoms with van der Waals surface area (Å²) in [7, 11) is 0. The summed E-state index contributed by atoms with van der Waals surface area (Å²) in [5.41, 5.74) is 5.82. The van der Waals surface area contributed by atoms with Crippen LogP contribution in [0.4, 0.5) is 5.69 Å². The standard InChI is InChI=1S/C31H40N2O3/c1-21(2)32-15-17-33(18-16-32)26-20-24(19-25-28(26)31(5,6)14-13-30(25,3)4)27(34)12-9-22-7-10-23(11-8-22)29(35)36/h7-8,10-11,19-21,27,34H,13-18H2,1-6H3,(H,35,36). The highest BCUT2D eigenvalue weighted by atomic mass is 16.4. The molecular formula is C31H40N2O3. The number of hydrogen-bond acceptors (Lipinski definition) is 4. The first-order valence-electron chi connectivity index (χ1n) is 13.1. The first-order valence-corrected chi connectivity index (χ1v) is 13.1. The van der Waals surface area contributed by atoms with E-state index in [0.29, 0.717) is 11.6 Å². The Morgan fingerprint density at radius 3 is 2.14 bits per heavy atom. The summed E-state index contributed by atoms with van der Waals surface area (Å²) in [6.07, 6.45) is 1.32. The number of benzene rings is 2. The number of anilines is 1. The smallest absolute Gasteiger partial charge is 0.335 e. The molecule has 0 amide bonds. The van der Waals surface area contributed by atoms with Gasteiger partial charge in [-0.2, -0.15) is 0 Å². The quantitative estimate of drug-likeness (QED) is 0.568. The van der Waals surface area contributed by atoms with Crippen molar-refractivity contribution in [2.24, 2.45) is 0 Å². The summed E-state index contributed by atoms with van der Waals surface area (Å²) in [5.74, 6) is 5.07. The Morgan fingerprint density at radius 1 is 0.944 bits per heavy atom. The van der Waals surface area contributed by atoms with E-state index in [1.807, 2.05) is 0 Å². The van der Waals surface area contributed by atoms with Gasteiger partial charge in [-0.25, -0.2) is 4.79 Å². The van der Waals surface area contributed by atoms with E-state index < -0.39 is 12.1 Å². The number of nitrogens with zero attached hydrogens (tertiary/aromatic N) is 2. The van der Waals surface area contributed by atoms with E-state index in [1.54, 1.807) is 12.1 Å². The molecule has 2 aliphatic rings. The van der Waals surface area contributed by atoms with E-state index in [9.17, 15) is 9.90 Å². The lowest BCUT2D eigenvalue weighted by atomic mass is 9.62. The van der Waals surface area contributed by atoms with Crippen molar-refractivity contribution < 1.29 is 15.0 Å². The summed E-state index contributed by atoms with van der Waals surface area (Å²) >= 11 is 0. The third kappa shape index (κ3) is 5.31. The van der Waals surface area contributed by atoms with Crippen LogP contribution < -0.4 is 4.90 Å². The van der Waals surface area contributed by atoms with E-state index in [0.717, 1.165) is 44.6 Å². The molecule has 0 aromatic heterocycles. The van der Waals surface area contributed by atoms with Crippen molar-refractivity contribution in [2.75, 3.05) is 31.1 Å². The van der Waals surface area contributed by atoms with Crippen LogP contribution in [0.3, 0.4) is 0 Å². The maximum Gasteiger partial charge on any atom is 0.335 e. The van der Waals surface area contributed by atoms with Crippen molar-refractivity contribution in [3.8, 4) is 11.8 Å². The highest BCUT2D eigenvalue weighted by molar-refractivity contribution is 5.87. The van der Waals surface area contributed by atoms with Crippen molar-refractivity contribution >= 4 is 11.7 Å². The molecule has 1 fully saturated rings. The van der Waals surface area contributed by atoms with Crippen LogP contribution in [0.1, 0.15) is 93.1 Å². The van der Waals surface area contributed by atoms with Crippen LogP contribution in [0, 0.1) is 11.8 Å². The highest BCUT2D eigenvalue weighted by Crippen LogP contribution is 2.50. The molecule has 0 radical (unpaired) electrons. The SMILES string of the molecule is CC(C)N1CCN(c2cc(C(O)C#Cc3ccc(C(=O)O)cc3)cc3c2C(C)(C)CCC3(C)C)CC1. The molecule has 1 heterocycles. The van der Waals surface area contributed by atoms with Crippen LogP contribution in [0.15, 0.2) is 36.4 Å². The third-order valence-electron chi connectivity index (χ3n) is 8.11. The molecule has 2 N–H and O–H groups in total. The van der Waals surface area contributed by atoms with Gasteiger partial charge >= 0.3 is 5.97 Å². The van der Waals surface area contributed by atoms with Crippen molar-refractivity contribution in [2.45, 2.75) is 77.4 Å². The molecule has 1 saturated heterocycles. The molecule has 0 saturated carbocycles. The van der Waals surface area contributed by atoms with Gasteiger partial charge in [-0.3, -0.25) is 4.90 Å². The van der Waals surface area contributed by atoms with Crippen molar-refractivity contribution in [3.05, 3.63) is 64.2 Å². The number of aliphatic hydroxyl groups excluding tert-OH is 1. The molecule has 1 aliphatic carbocycles. The number of carbonyl (C=O) groups is 1. The van der Waals surface area contributed by atoms with Crippen LogP contribution >= 0.6 is 0 Å². The number of fused-ring (bicyclic) bond motifs is 1. The molecule has 5 nitrogen and oxygen atoms in total. The third-order valence-corrected chi connectivity index (χ3v) is 8.11. The maximum absolute atomic E-state index is 11.2. The van der Waals surface area contributed by atoms with Gasteiger partial charge in [0.1, 0.15) is 6.10 Å². The van der Waals surface area contributed by atoms with Gasteiger partial charge in [0.15, 0.2) is 0 Å². The Labute approximate surface area is 216 Å². The largest absolute Gasteiger partial charge is 0.478 e. The number of carboxylic acids is 1. The molecule has 1 unspecified atom stereocenters. The minimum Gasteiger partial charge on any atom is -0.478 e. The molecular weight excluding hydrogens is 448 g/mol. The molecule has 4 rings (SSSR count). The number of hydrogen-bond donors (Lipinski definition) is 2. The van der Waals surface area contributed by atoms with Gasteiger partial charge in [-0.1, -0.05) is 45.6 Å². The predicted octanol–water partition coefficient (Wildman–Crippen LogP) is 5.35. The van der Waals surface area contributed by atoms with E-state index in [4.69, 9.17) is 5.11 Å². The Balaban J connectivity index is 1.73. The van der Waals surface area contributed by atoms with Gasteiger partial charge in [0.05, 0.1) is 5.56 Å². The second-order valence-corrected chi connectivity index (χ2v) is 11.9. The monoisotopic (exact) mass is 488 g/mol. The summed E-state index contributed by atoms with van der Waals surface area (Å²) in [5, 5.41) is 20.3. The Hall–Kier alpha value is -2.81. The van der Waals surface area contributed by atoms with Gasteiger partial charge in [-0.05, 0) is 84.5 Å². The fourth-order valence-corrected chi connectivity index (χ4v) is 5.60. The lowest BCUT2D eigenvalue weighted by Crippen LogP contribution is -2.50. The number of aromatic carboxylic acids is 1. The summed E-state index contributed by atoms with van der Waals surface area (Å²) < 4.78 is 0. The van der Waals surface area contributed by atoms with Gasteiger partial charge < -0.3 is 15.1 Å². The fourth-order valence-electron chi connectivity index (χ4n) is 5.60. The average molecular weight is 489 g/mol. The molecule has 2 aromatic carbocycles. The Bertz CT molecular complexity index is 1180. The number of rotatable bonds is 4. The minimum absolute atomic E-state index is 0.0230. The summed E-state index contributed by atoms with van der Waals surface area (Å²) in [6, 6.07) is 11.3. The first-order chi connectivity index (χ1) is 16.9. The van der Waals surface area contributed by atoms with Crippen molar-refractivity contribution in [3.63, 3.8) is 0 Å². The number of aliphatic hydroxyl groups is 1. The van der Waals surface area contributed by atoms with Crippen molar-refractivity contribution in [1.82, 2.24) is 4.90 Å². The molecule has 2 aromatic rings. The van der Waals surface area contributed by atoms with E-state index in [1.165, 1.54) is 28.9 Å². The molecule has 192 valence electrons. The summed E-state index contributed by atoms with van der Waals surface area (Å²) in [6.45, 7) is 17.9. The molecule has 36 heavy (non-hydrogen) atoms. The fraction of sp³-hybridized carbons (Fsp3) is 0.516. The topological polar surface area (TPSA) is 64.0 Å². The number of piperazine rings is 1. The Morgan fingerprint density at radius 2 is 1.56 bits per heavy atom. The van der Waals surface area contributed by atoms with Crippen LogP contribution in [0.5, 0.6) is 0 Å². The normalized spacial score (nSPS) is 19.8.